The monoisotopic (exact) mass is 405 g/mol. The largest absolute Gasteiger partial charge is 0.495 e. The van der Waals surface area contributed by atoms with Gasteiger partial charge in [0.25, 0.3) is 0 Å². The first-order valence-corrected chi connectivity index (χ1v) is 9.79. The van der Waals surface area contributed by atoms with Crippen molar-refractivity contribution >= 4 is 39.9 Å². The Morgan fingerprint density at radius 3 is 2.77 bits per heavy atom. The predicted octanol–water partition coefficient (Wildman–Crippen LogP) is 3.20. The number of aromatic nitrogens is 2. The van der Waals surface area contributed by atoms with Crippen molar-refractivity contribution < 1.29 is 14.3 Å². The second kappa shape index (κ2) is 8.36. The maximum atomic E-state index is 13.2. The summed E-state index contributed by atoms with van der Waals surface area (Å²) in [5.41, 5.74) is 1.94. The molecule has 0 radical (unpaired) electrons. The lowest BCUT2D eigenvalue weighted by atomic mass is 10.1. The zero-order valence-corrected chi connectivity index (χ0v) is 16.9. The maximum Gasteiger partial charge on any atom is 0.247 e. The van der Waals surface area contributed by atoms with Gasteiger partial charge in [-0.15, -0.1) is 0 Å². The third-order valence-electron chi connectivity index (χ3n) is 5.13. The van der Waals surface area contributed by atoms with E-state index >= 15 is 0 Å². The molecule has 0 saturated carbocycles. The van der Waals surface area contributed by atoms with Gasteiger partial charge in [0.05, 0.1) is 18.3 Å². The Hall–Kier alpha value is -3.68. The number of rotatable bonds is 5. The van der Waals surface area contributed by atoms with E-state index in [0.29, 0.717) is 17.1 Å². The number of fused-ring (bicyclic) bond motifs is 1. The van der Waals surface area contributed by atoms with E-state index in [1.165, 1.54) is 20.4 Å². The normalized spacial score (nSPS) is 15.8. The maximum absolute atomic E-state index is 13.2. The van der Waals surface area contributed by atoms with Crippen LogP contribution in [-0.4, -0.2) is 41.5 Å². The molecular weight excluding hydrogens is 382 g/mol. The zero-order chi connectivity index (χ0) is 21.1. The smallest absolute Gasteiger partial charge is 0.247 e. The first-order valence-electron chi connectivity index (χ1n) is 9.79. The number of benzene rings is 2. The lowest BCUT2D eigenvalue weighted by molar-refractivity contribution is -0.117. The summed E-state index contributed by atoms with van der Waals surface area (Å²) in [7, 11) is 1.54. The molecule has 1 aromatic heterocycles. The standard InChI is InChI=1S/C22H23N5O3/c1-14(28)25-15-9-10-20(30-2)18(12-15)26-22(29)19-8-5-11-27(19)21-16-6-3-4-7-17(16)23-13-24-21/h3-4,6-7,9-10,12-13,19H,5,8,11H2,1-2H3,(H,25,28)(H,26,29). The zero-order valence-electron chi connectivity index (χ0n) is 16.9. The molecule has 154 valence electrons. The molecular formula is C22H23N5O3. The van der Waals surface area contributed by atoms with E-state index in [9.17, 15) is 9.59 Å². The number of amides is 2. The number of carbonyl (C=O) groups is 2. The highest BCUT2D eigenvalue weighted by Gasteiger charge is 2.33. The van der Waals surface area contributed by atoms with Gasteiger partial charge >= 0.3 is 0 Å². The minimum absolute atomic E-state index is 0.145. The second-order valence-corrected chi connectivity index (χ2v) is 7.15. The van der Waals surface area contributed by atoms with Crippen LogP contribution < -0.4 is 20.3 Å². The Balaban J connectivity index is 1.61. The molecule has 0 bridgehead atoms. The van der Waals surface area contributed by atoms with Gasteiger partial charge in [-0.25, -0.2) is 9.97 Å². The molecule has 2 N–H and O–H groups in total. The van der Waals surface area contributed by atoms with Gasteiger partial charge in [-0.05, 0) is 43.2 Å². The quantitative estimate of drug-likeness (QED) is 0.677. The van der Waals surface area contributed by atoms with Gasteiger partial charge in [-0.2, -0.15) is 0 Å². The van der Waals surface area contributed by atoms with Crippen molar-refractivity contribution in [2.24, 2.45) is 0 Å². The molecule has 30 heavy (non-hydrogen) atoms. The van der Waals surface area contributed by atoms with Crippen LogP contribution in [0.25, 0.3) is 10.9 Å². The summed E-state index contributed by atoms with van der Waals surface area (Å²) in [6.45, 7) is 2.17. The summed E-state index contributed by atoms with van der Waals surface area (Å²) in [6.07, 6.45) is 3.14. The highest BCUT2D eigenvalue weighted by molar-refractivity contribution is 6.01. The Bertz CT molecular complexity index is 1100. The van der Waals surface area contributed by atoms with Gasteiger partial charge in [-0.3, -0.25) is 9.59 Å². The Morgan fingerprint density at radius 1 is 1.13 bits per heavy atom. The number of hydrogen-bond donors (Lipinski definition) is 2. The van der Waals surface area contributed by atoms with Crippen LogP contribution in [0.1, 0.15) is 19.8 Å². The molecule has 0 aliphatic carbocycles. The van der Waals surface area contributed by atoms with Gasteiger partial charge in [0, 0.05) is 24.5 Å². The van der Waals surface area contributed by atoms with Crippen molar-refractivity contribution in [3.05, 3.63) is 48.8 Å². The summed E-state index contributed by atoms with van der Waals surface area (Å²) in [4.78, 5) is 35.4. The third-order valence-corrected chi connectivity index (χ3v) is 5.13. The molecule has 1 unspecified atom stereocenters. The molecule has 8 nitrogen and oxygen atoms in total. The van der Waals surface area contributed by atoms with Crippen LogP contribution in [0, 0.1) is 0 Å². The van der Waals surface area contributed by atoms with Crippen LogP contribution >= 0.6 is 0 Å². The summed E-state index contributed by atoms with van der Waals surface area (Å²) in [5.74, 6) is 0.954. The van der Waals surface area contributed by atoms with Crippen LogP contribution in [-0.2, 0) is 9.59 Å². The molecule has 2 aromatic carbocycles. The number of anilines is 3. The molecule has 2 amide bonds. The average Bonchev–Trinajstić information content (AvgIpc) is 3.23. The van der Waals surface area contributed by atoms with Crippen molar-refractivity contribution in [3.63, 3.8) is 0 Å². The molecule has 0 spiro atoms. The fraction of sp³-hybridized carbons (Fsp3) is 0.273. The lowest BCUT2D eigenvalue weighted by Crippen LogP contribution is -2.40. The van der Waals surface area contributed by atoms with Gasteiger partial charge in [0.15, 0.2) is 0 Å². The highest BCUT2D eigenvalue weighted by Crippen LogP contribution is 2.32. The summed E-state index contributed by atoms with van der Waals surface area (Å²) >= 11 is 0. The number of ether oxygens (including phenoxy) is 1. The van der Waals surface area contributed by atoms with Crippen LogP contribution in [0.2, 0.25) is 0 Å². The molecule has 8 heteroatoms. The topological polar surface area (TPSA) is 96.5 Å². The fourth-order valence-electron chi connectivity index (χ4n) is 3.81. The van der Waals surface area contributed by atoms with Crippen molar-refractivity contribution in [2.75, 3.05) is 29.2 Å². The molecule has 4 rings (SSSR count). The van der Waals surface area contributed by atoms with E-state index in [1.807, 2.05) is 29.2 Å². The van der Waals surface area contributed by atoms with E-state index in [0.717, 1.165) is 36.1 Å². The Labute approximate surface area is 174 Å². The molecule has 1 aliphatic rings. The summed E-state index contributed by atoms with van der Waals surface area (Å²) in [5, 5.41) is 6.61. The van der Waals surface area contributed by atoms with Gasteiger partial charge < -0.3 is 20.3 Å². The fourth-order valence-corrected chi connectivity index (χ4v) is 3.81. The molecule has 2 heterocycles. The summed E-state index contributed by atoms with van der Waals surface area (Å²) in [6, 6.07) is 12.5. The van der Waals surface area contributed by atoms with Gasteiger partial charge in [-0.1, -0.05) is 12.1 Å². The third kappa shape index (κ3) is 3.89. The van der Waals surface area contributed by atoms with E-state index in [-0.39, 0.29) is 17.9 Å². The van der Waals surface area contributed by atoms with E-state index < -0.39 is 0 Å². The van der Waals surface area contributed by atoms with E-state index in [4.69, 9.17) is 4.74 Å². The van der Waals surface area contributed by atoms with Crippen molar-refractivity contribution in [3.8, 4) is 5.75 Å². The molecule has 1 fully saturated rings. The second-order valence-electron chi connectivity index (χ2n) is 7.15. The minimum Gasteiger partial charge on any atom is -0.495 e. The summed E-state index contributed by atoms with van der Waals surface area (Å²) < 4.78 is 5.38. The SMILES string of the molecule is COc1ccc(NC(C)=O)cc1NC(=O)C1CCCN1c1ncnc2ccccc12. The number of methoxy groups -OCH3 is 1. The Morgan fingerprint density at radius 2 is 1.97 bits per heavy atom. The molecule has 1 aliphatic heterocycles. The molecule has 3 aromatic rings. The molecule has 1 atom stereocenters. The van der Waals surface area contributed by atoms with E-state index in [1.54, 1.807) is 18.2 Å². The van der Waals surface area contributed by atoms with Gasteiger partial charge in [0.1, 0.15) is 23.9 Å². The van der Waals surface area contributed by atoms with Crippen molar-refractivity contribution in [1.82, 2.24) is 9.97 Å². The highest BCUT2D eigenvalue weighted by atomic mass is 16.5. The van der Waals surface area contributed by atoms with Crippen molar-refractivity contribution in [1.29, 1.82) is 0 Å². The first kappa shape index (κ1) is 19.6. The lowest BCUT2D eigenvalue weighted by Gasteiger charge is -2.26. The Kier molecular flexibility index (Phi) is 5.47. The van der Waals surface area contributed by atoms with Crippen LogP contribution in [0.5, 0.6) is 5.75 Å². The van der Waals surface area contributed by atoms with Gasteiger partial charge in [0.2, 0.25) is 11.8 Å². The van der Waals surface area contributed by atoms with Crippen LogP contribution in [0.3, 0.4) is 0 Å². The van der Waals surface area contributed by atoms with Crippen LogP contribution in [0.15, 0.2) is 48.8 Å². The first-order chi connectivity index (χ1) is 14.6. The van der Waals surface area contributed by atoms with Crippen LogP contribution in [0.4, 0.5) is 17.2 Å². The van der Waals surface area contributed by atoms with E-state index in [2.05, 4.69) is 20.6 Å². The minimum atomic E-state index is -0.363. The predicted molar refractivity (Wildman–Crippen MR) is 116 cm³/mol. The molecule has 1 saturated heterocycles. The average molecular weight is 405 g/mol. The number of carbonyl (C=O) groups excluding carboxylic acids is 2. The van der Waals surface area contributed by atoms with Crippen molar-refractivity contribution in [2.45, 2.75) is 25.8 Å². The number of nitrogens with one attached hydrogen (secondary N) is 2. The number of hydrogen-bond acceptors (Lipinski definition) is 6. The number of nitrogens with zero attached hydrogens (tertiary/aromatic N) is 3. The number of para-hydroxylation sites is 1.